The number of unbranched alkanes of at least 4 members (excludes halogenated alkanes) is 1. The molecular formula is C11H19NO3. The smallest absolute Gasteiger partial charge is 0.323 e. The molecule has 0 spiro atoms. The Morgan fingerprint density at radius 2 is 1.87 bits per heavy atom. The van der Waals surface area contributed by atoms with Gasteiger partial charge in [0.25, 0.3) is 0 Å². The van der Waals surface area contributed by atoms with Crippen LogP contribution in [0.25, 0.3) is 0 Å². The fraction of sp³-hybridized carbons (Fsp3) is 0.636. The molecule has 0 rings (SSSR count). The van der Waals surface area contributed by atoms with Crippen LogP contribution in [-0.4, -0.2) is 35.5 Å². The summed E-state index contributed by atoms with van der Waals surface area (Å²) >= 11 is 0. The number of likely N-dealkylation sites (N-methyl/N-ethyl adjacent to an activating group) is 1. The first kappa shape index (κ1) is 13.7. The molecule has 0 bridgehead atoms. The topological polar surface area (TPSA) is 57.6 Å². The Morgan fingerprint density at radius 1 is 1.27 bits per heavy atom. The molecule has 0 radical (unpaired) electrons. The summed E-state index contributed by atoms with van der Waals surface area (Å²) in [7, 11) is 1.51. The fourth-order valence-electron chi connectivity index (χ4n) is 1.09. The Bertz CT molecular complexity index is 236. The van der Waals surface area contributed by atoms with E-state index in [0.717, 1.165) is 12.8 Å². The van der Waals surface area contributed by atoms with Gasteiger partial charge in [0.15, 0.2) is 0 Å². The first-order valence-electron chi connectivity index (χ1n) is 5.18. The first-order chi connectivity index (χ1) is 7.07. The SMILES string of the molecule is CCC/C=C/CCC(=O)N(C)CC(=O)O. The number of carboxylic acid groups (broad SMARTS) is 1. The number of amides is 1. The van der Waals surface area contributed by atoms with Crippen LogP contribution >= 0.6 is 0 Å². The molecule has 0 aliphatic heterocycles. The van der Waals surface area contributed by atoms with Crippen molar-refractivity contribution in [2.75, 3.05) is 13.6 Å². The summed E-state index contributed by atoms with van der Waals surface area (Å²) in [5, 5.41) is 8.47. The van der Waals surface area contributed by atoms with Gasteiger partial charge in [-0.2, -0.15) is 0 Å². The highest BCUT2D eigenvalue weighted by molar-refractivity contribution is 5.81. The van der Waals surface area contributed by atoms with Crippen molar-refractivity contribution >= 4 is 11.9 Å². The number of hydrogen-bond donors (Lipinski definition) is 1. The van der Waals surface area contributed by atoms with E-state index in [1.165, 1.54) is 11.9 Å². The average molecular weight is 213 g/mol. The average Bonchev–Trinajstić information content (AvgIpc) is 2.16. The highest BCUT2D eigenvalue weighted by Gasteiger charge is 2.10. The molecule has 4 heteroatoms. The molecule has 0 saturated heterocycles. The Morgan fingerprint density at radius 3 is 2.40 bits per heavy atom. The van der Waals surface area contributed by atoms with Gasteiger partial charge in [-0.15, -0.1) is 0 Å². The van der Waals surface area contributed by atoms with Crippen LogP contribution in [0.15, 0.2) is 12.2 Å². The second kappa shape index (κ2) is 8.03. The van der Waals surface area contributed by atoms with Gasteiger partial charge < -0.3 is 10.0 Å². The van der Waals surface area contributed by atoms with E-state index in [-0.39, 0.29) is 12.5 Å². The van der Waals surface area contributed by atoms with Gasteiger partial charge in [0.2, 0.25) is 5.91 Å². The quantitative estimate of drug-likeness (QED) is 0.654. The van der Waals surface area contributed by atoms with Gasteiger partial charge in [-0.05, 0) is 12.8 Å². The summed E-state index contributed by atoms with van der Waals surface area (Å²) in [6.45, 7) is 1.87. The molecule has 0 aromatic rings. The minimum absolute atomic E-state index is 0.126. The van der Waals surface area contributed by atoms with Crippen LogP contribution in [-0.2, 0) is 9.59 Å². The number of allylic oxidation sites excluding steroid dienone is 2. The Hall–Kier alpha value is -1.32. The van der Waals surface area contributed by atoms with Gasteiger partial charge in [-0.1, -0.05) is 25.5 Å². The highest BCUT2D eigenvalue weighted by atomic mass is 16.4. The lowest BCUT2D eigenvalue weighted by molar-refractivity contribution is -0.143. The molecule has 0 atom stereocenters. The van der Waals surface area contributed by atoms with Crippen LogP contribution in [0.2, 0.25) is 0 Å². The molecule has 0 aromatic heterocycles. The normalized spacial score (nSPS) is 10.5. The van der Waals surface area contributed by atoms with Crippen LogP contribution in [0.1, 0.15) is 32.6 Å². The zero-order valence-corrected chi connectivity index (χ0v) is 9.40. The van der Waals surface area contributed by atoms with E-state index in [9.17, 15) is 9.59 Å². The molecule has 0 aliphatic rings. The van der Waals surface area contributed by atoms with Crippen molar-refractivity contribution < 1.29 is 14.7 Å². The van der Waals surface area contributed by atoms with Crippen LogP contribution in [0, 0.1) is 0 Å². The second-order valence-corrected chi connectivity index (χ2v) is 3.44. The van der Waals surface area contributed by atoms with Crippen molar-refractivity contribution in [3.8, 4) is 0 Å². The standard InChI is InChI=1S/C11H19NO3/c1-3-4-5-6-7-8-10(13)12(2)9-11(14)15/h5-6H,3-4,7-9H2,1-2H3,(H,14,15)/b6-5+. The van der Waals surface area contributed by atoms with E-state index in [4.69, 9.17) is 5.11 Å². The van der Waals surface area contributed by atoms with E-state index in [0.29, 0.717) is 12.8 Å². The summed E-state index contributed by atoms with van der Waals surface area (Å²) in [6, 6.07) is 0. The van der Waals surface area contributed by atoms with Crippen molar-refractivity contribution in [3.63, 3.8) is 0 Å². The largest absolute Gasteiger partial charge is 0.480 e. The van der Waals surface area contributed by atoms with Crippen LogP contribution in [0.5, 0.6) is 0 Å². The van der Waals surface area contributed by atoms with Gasteiger partial charge in [-0.3, -0.25) is 9.59 Å². The maximum atomic E-state index is 11.3. The molecule has 0 heterocycles. The molecule has 1 N–H and O–H groups in total. The predicted octanol–water partition coefficient (Wildman–Crippen LogP) is 1.67. The molecule has 0 fully saturated rings. The molecule has 0 aliphatic carbocycles. The Balaban J connectivity index is 3.68. The third kappa shape index (κ3) is 7.73. The molecule has 0 aromatic carbocycles. The number of carbonyl (C=O) groups is 2. The van der Waals surface area contributed by atoms with Crippen molar-refractivity contribution in [3.05, 3.63) is 12.2 Å². The van der Waals surface area contributed by atoms with Gasteiger partial charge in [0.1, 0.15) is 6.54 Å². The number of nitrogens with zero attached hydrogens (tertiary/aromatic N) is 1. The van der Waals surface area contributed by atoms with E-state index >= 15 is 0 Å². The van der Waals surface area contributed by atoms with Crippen LogP contribution in [0.3, 0.4) is 0 Å². The number of hydrogen-bond acceptors (Lipinski definition) is 2. The maximum absolute atomic E-state index is 11.3. The molecular weight excluding hydrogens is 194 g/mol. The molecule has 86 valence electrons. The van der Waals surface area contributed by atoms with E-state index in [1.54, 1.807) is 0 Å². The van der Waals surface area contributed by atoms with Gasteiger partial charge in [-0.25, -0.2) is 0 Å². The van der Waals surface area contributed by atoms with Gasteiger partial charge in [0, 0.05) is 13.5 Å². The third-order valence-electron chi connectivity index (χ3n) is 1.95. The number of carbonyl (C=O) groups excluding carboxylic acids is 1. The molecule has 0 saturated carbocycles. The van der Waals surface area contributed by atoms with Crippen LogP contribution in [0.4, 0.5) is 0 Å². The second-order valence-electron chi connectivity index (χ2n) is 3.44. The zero-order valence-electron chi connectivity index (χ0n) is 9.40. The molecule has 4 nitrogen and oxygen atoms in total. The number of rotatable bonds is 7. The number of carboxylic acids is 1. The van der Waals surface area contributed by atoms with Gasteiger partial charge in [0.05, 0.1) is 0 Å². The summed E-state index contributed by atoms with van der Waals surface area (Å²) in [5.41, 5.74) is 0. The van der Waals surface area contributed by atoms with Crippen molar-refractivity contribution in [2.24, 2.45) is 0 Å². The summed E-state index contributed by atoms with van der Waals surface area (Å²) in [5.74, 6) is -1.11. The highest BCUT2D eigenvalue weighted by Crippen LogP contribution is 1.98. The van der Waals surface area contributed by atoms with Crippen LogP contribution < -0.4 is 0 Å². The van der Waals surface area contributed by atoms with E-state index < -0.39 is 5.97 Å². The fourth-order valence-corrected chi connectivity index (χ4v) is 1.09. The Kier molecular flexibility index (Phi) is 7.32. The van der Waals surface area contributed by atoms with Crippen molar-refractivity contribution in [1.29, 1.82) is 0 Å². The summed E-state index contributed by atoms with van der Waals surface area (Å²) in [4.78, 5) is 22.9. The van der Waals surface area contributed by atoms with Crippen molar-refractivity contribution in [1.82, 2.24) is 4.90 Å². The minimum Gasteiger partial charge on any atom is -0.480 e. The molecule has 1 amide bonds. The lowest BCUT2D eigenvalue weighted by atomic mass is 10.2. The third-order valence-corrected chi connectivity index (χ3v) is 1.95. The van der Waals surface area contributed by atoms with Crippen molar-refractivity contribution in [2.45, 2.75) is 32.6 Å². The lowest BCUT2D eigenvalue weighted by Gasteiger charge is -2.13. The minimum atomic E-state index is -0.979. The monoisotopic (exact) mass is 213 g/mol. The summed E-state index contributed by atoms with van der Waals surface area (Å²) in [6.07, 6.45) is 7.20. The zero-order chi connectivity index (χ0) is 11.7. The summed E-state index contributed by atoms with van der Waals surface area (Å²) < 4.78 is 0. The van der Waals surface area contributed by atoms with E-state index in [2.05, 4.69) is 6.92 Å². The Labute approximate surface area is 90.6 Å². The number of aliphatic carboxylic acids is 1. The maximum Gasteiger partial charge on any atom is 0.323 e. The predicted molar refractivity (Wildman–Crippen MR) is 58.6 cm³/mol. The van der Waals surface area contributed by atoms with E-state index in [1.807, 2.05) is 12.2 Å². The van der Waals surface area contributed by atoms with Gasteiger partial charge >= 0.3 is 5.97 Å². The molecule has 0 unspecified atom stereocenters. The molecule has 15 heavy (non-hydrogen) atoms. The first-order valence-corrected chi connectivity index (χ1v) is 5.18. The lowest BCUT2D eigenvalue weighted by Crippen LogP contribution is -2.31.